The molecule has 0 spiro atoms. The molecule has 0 bridgehead atoms. The van der Waals surface area contributed by atoms with Gasteiger partial charge in [0.2, 0.25) is 0 Å². The Hall–Kier alpha value is -1.37. The van der Waals surface area contributed by atoms with E-state index >= 15 is 0 Å². The van der Waals surface area contributed by atoms with Crippen molar-refractivity contribution in [1.29, 1.82) is 0 Å². The first-order chi connectivity index (χ1) is 6.25. The van der Waals surface area contributed by atoms with Crippen LogP contribution in [0, 0.1) is 12.8 Å². The largest absolute Gasteiger partial charge is 0.253 e. The van der Waals surface area contributed by atoms with Gasteiger partial charge in [-0.05, 0) is 30.5 Å². The number of hydrogen-bond acceptors (Lipinski definition) is 1. The predicted octanol–water partition coefficient (Wildman–Crippen LogP) is 3.07. The van der Waals surface area contributed by atoms with Crippen molar-refractivity contribution < 1.29 is 0 Å². The summed E-state index contributed by atoms with van der Waals surface area (Å²) in [6.45, 7) is 4.19. The minimum absolute atomic E-state index is 0.509. The minimum atomic E-state index is 0.509. The highest BCUT2D eigenvalue weighted by Crippen LogP contribution is 2.17. The summed E-state index contributed by atoms with van der Waals surface area (Å²) in [5.41, 5.74) is 3.37. The lowest BCUT2D eigenvalue weighted by Crippen LogP contribution is -1.88. The average molecular weight is 171 g/mol. The minimum Gasteiger partial charge on any atom is -0.253 e. The molecule has 0 aliphatic heterocycles. The van der Waals surface area contributed by atoms with Crippen molar-refractivity contribution in [3.63, 3.8) is 0 Å². The Balaban J connectivity index is 2.53. The molecule has 1 heterocycles. The lowest BCUT2D eigenvalue weighted by atomic mass is 10.1. The molecule has 2 rings (SSSR count). The van der Waals surface area contributed by atoms with Crippen molar-refractivity contribution in [1.82, 2.24) is 4.98 Å². The second-order valence-corrected chi connectivity index (χ2v) is 3.50. The molecule has 0 N–H and O–H groups in total. The third-order valence-corrected chi connectivity index (χ3v) is 2.23. The number of aromatic nitrogens is 1. The van der Waals surface area contributed by atoms with Crippen molar-refractivity contribution in [2.45, 2.75) is 13.8 Å². The molecule has 0 aromatic carbocycles. The molecule has 1 aromatic heterocycles. The molecule has 1 heteroatoms. The maximum atomic E-state index is 4.47. The van der Waals surface area contributed by atoms with Crippen molar-refractivity contribution in [2.24, 2.45) is 5.92 Å². The third kappa shape index (κ3) is 1.69. The Morgan fingerprint density at radius 3 is 2.77 bits per heavy atom. The van der Waals surface area contributed by atoms with Gasteiger partial charge in [-0.1, -0.05) is 31.2 Å². The van der Waals surface area contributed by atoms with E-state index in [9.17, 15) is 0 Å². The van der Waals surface area contributed by atoms with E-state index in [1.807, 2.05) is 13.0 Å². The average Bonchev–Trinajstić information content (AvgIpc) is 2.29. The first-order valence-corrected chi connectivity index (χ1v) is 4.60. The highest BCUT2D eigenvalue weighted by atomic mass is 14.7. The Morgan fingerprint density at radius 1 is 1.15 bits per heavy atom. The van der Waals surface area contributed by atoms with Crippen molar-refractivity contribution in [2.75, 3.05) is 0 Å². The van der Waals surface area contributed by atoms with Crippen LogP contribution in [0.1, 0.15) is 23.9 Å². The van der Waals surface area contributed by atoms with Crippen LogP contribution in [-0.2, 0) is 0 Å². The van der Waals surface area contributed by atoms with E-state index < -0.39 is 0 Å². The summed E-state index contributed by atoms with van der Waals surface area (Å²) in [5.74, 6) is 0.509. The van der Waals surface area contributed by atoms with Crippen LogP contribution in [0.5, 0.6) is 0 Å². The van der Waals surface area contributed by atoms with Crippen LogP contribution in [0.15, 0.2) is 24.3 Å². The molecule has 1 nitrogen and oxygen atoms in total. The van der Waals surface area contributed by atoms with E-state index in [0.717, 1.165) is 11.4 Å². The van der Waals surface area contributed by atoms with Gasteiger partial charge in [0, 0.05) is 5.69 Å². The van der Waals surface area contributed by atoms with Gasteiger partial charge in [-0.15, -0.1) is 0 Å². The van der Waals surface area contributed by atoms with E-state index in [1.165, 1.54) is 5.56 Å². The second-order valence-electron chi connectivity index (χ2n) is 3.50. The molecule has 0 saturated heterocycles. The highest BCUT2D eigenvalue weighted by molar-refractivity contribution is 5.65. The number of allylic oxidation sites excluding steroid dienone is 2. The second kappa shape index (κ2) is 3.17. The Bertz CT molecular complexity index is 375. The van der Waals surface area contributed by atoms with E-state index in [-0.39, 0.29) is 0 Å². The number of fused-ring (bicyclic) bond motifs is 1. The Kier molecular flexibility index (Phi) is 2.01. The molecule has 0 fully saturated rings. The lowest BCUT2D eigenvalue weighted by Gasteiger charge is -1.99. The Labute approximate surface area is 78.8 Å². The summed E-state index contributed by atoms with van der Waals surface area (Å²) in [4.78, 5) is 4.47. The summed E-state index contributed by atoms with van der Waals surface area (Å²) in [6, 6.07) is 4.17. The van der Waals surface area contributed by atoms with E-state index in [1.54, 1.807) is 0 Å². The SMILES string of the molecule is Cc1ccc2c(n1)C=CC(C)C=C2. The zero-order valence-electron chi connectivity index (χ0n) is 7.99. The van der Waals surface area contributed by atoms with Gasteiger partial charge in [0.15, 0.2) is 0 Å². The van der Waals surface area contributed by atoms with Crippen LogP contribution >= 0.6 is 0 Å². The molecule has 13 heavy (non-hydrogen) atoms. The fourth-order valence-corrected chi connectivity index (χ4v) is 1.42. The van der Waals surface area contributed by atoms with Crippen LogP contribution < -0.4 is 0 Å². The molecule has 0 radical (unpaired) electrons. The molecular formula is C12H13N. The molecule has 1 aliphatic rings. The van der Waals surface area contributed by atoms with Gasteiger partial charge in [-0.3, -0.25) is 4.98 Å². The highest BCUT2D eigenvalue weighted by Gasteiger charge is 2.02. The quantitative estimate of drug-likeness (QED) is 0.584. The maximum Gasteiger partial charge on any atom is 0.0702 e. The van der Waals surface area contributed by atoms with Gasteiger partial charge in [0.1, 0.15) is 0 Å². The van der Waals surface area contributed by atoms with E-state index in [4.69, 9.17) is 0 Å². The number of rotatable bonds is 0. The van der Waals surface area contributed by atoms with Crippen LogP contribution in [0.3, 0.4) is 0 Å². The summed E-state index contributed by atoms with van der Waals surface area (Å²) < 4.78 is 0. The fourth-order valence-electron chi connectivity index (χ4n) is 1.42. The van der Waals surface area contributed by atoms with Gasteiger partial charge in [0.05, 0.1) is 5.69 Å². The number of aryl methyl sites for hydroxylation is 1. The molecular weight excluding hydrogens is 158 g/mol. The first kappa shape index (κ1) is 8.24. The summed E-state index contributed by atoms with van der Waals surface area (Å²) in [6.07, 6.45) is 8.62. The van der Waals surface area contributed by atoms with Crippen molar-refractivity contribution in [3.05, 3.63) is 41.2 Å². The van der Waals surface area contributed by atoms with Crippen LogP contribution in [-0.4, -0.2) is 4.98 Å². The van der Waals surface area contributed by atoms with Gasteiger partial charge in [0.25, 0.3) is 0 Å². The number of pyridine rings is 1. The topological polar surface area (TPSA) is 12.9 Å². The third-order valence-electron chi connectivity index (χ3n) is 2.23. The fraction of sp³-hybridized carbons (Fsp3) is 0.250. The Morgan fingerprint density at radius 2 is 1.92 bits per heavy atom. The molecule has 0 saturated carbocycles. The predicted molar refractivity (Wildman–Crippen MR) is 56.2 cm³/mol. The van der Waals surface area contributed by atoms with E-state index in [2.05, 4.69) is 42.3 Å². The van der Waals surface area contributed by atoms with Gasteiger partial charge >= 0.3 is 0 Å². The molecule has 66 valence electrons. The monoisotopic (exact) mass is 171 g/mol. The van der Waals surface area contributed by atoms with Gasteiger partial charge in [-0.25, -0.2) is 0 Å². The number of hydrogen-bond donors (Lipinski definition) is 0. The summed E-state index contributed by atoms with van der Waals surface area (Å²) >= 11 is 0. The molecule has 1 aliphatic carbocycles. The molecule has 1 unspecified atom stereocenters. The summed E-state index contributed by atoms with van der Waals surface area (Å²) in [5, 5.41) is 0. The zero-order valence-corrected chi connectivity index (χ0v) is 7.99. The zero-order chi connectivity index (χ0) is 9.26. The lowest BCUT2D eigenvalue weighted by molar-refractivity contribution is 0.953. The van der Waals surface area contributed by atoms with E-state index in [0.29, 0.717) is 5.92 Å². The normalized spacial score (nSPS) is 19.7. The van der Waals surface area contributed by atoms with Crippen LogP contribution in [0.2, 0.25) is 0 Å². The van der Waals surface area contributed by atoms with Crippen molar-refractivity contribution >= 4 is 12.2 Å². The number of nitrogens with zero attached hydrogens (tertiary/aromatic N) is 1. The standard InChI is InChI=1S/C12H13N/c1-9-3-6-11-7-5-10(2)13-12(11)8-4-9/h3-9H,1-2H3. The van der Waals surface area contributed by atoms with Gasteiger partial charge in [-0.2, -0.15) is 0 Å². The first-order valence-electron chi connectivity index (χ1n) is 4.60. The molecule has 1 aromatic rings. The molecule has 0 amide bonds. The maximum absolute atomic E-state index is 4.47. The molecule has 1 atom stereocenters. The van der Waals surface area contributed by atoms with Crippen LogP contribution in [0.25, 0.3) is 12.2 Å². The van der Waals surface area contributed by atoms with Crippen molar-refractivity contribution in [3.8, 4) is 0 Å². The van der Waals surface area contributed by atoms with Gasteiger partial charge < -0.3 is 0 Å². The smallest absolute Gasteiger partial charge is 0.0702 e. The van der Waals surface area contributed by atoms with Crippen LogP contribution in [0.4, 0.5) is 0 Å². The summed E-state index contributed by atoms with van der Waals surface area (Å²) in [7, 11) is 0.